The molecule has 2 rings (SSSR count). The summed E-state index contributed by atoms with van der Waals surface area (Å²) in [6.45, 7) is 4.26. The van der Waals surface area contributed by atoms with E-state index in [1.807, 2.05) is 18.2 Å². The van der Waals surface area contributed by atoms with Crippen LogP contribution in [0, 0.1) is 5.92 Å². The van der Waals surface area contributed by atoms with E-state index < -0.39 is 10.1 Å². The molecule has 5 heteroatoms. The zero-order valence-electron chi connectivity index (χ0n) is 12.8. The van der Waals surface area contributed by atoms with Crippen LogP contribution in [-0.4, -0.2) is 13.0 Å². The third-order valence-electron chi connectivity index (χ3n) is 3.44. The number of hydrogen-bond acceptors (Lipinski definition) is 3. The summed E-state index contributed by atoms with van der Waals surface area (Å²) in [5, 5.41) is 1.32. The minimum Gasteiger partial charge on any atom is -0.744 e. The molecule has 0 fully saturated rings. The van der Waals surface area contributed by atoms with Crippen molar-refractivity contribution in [2.24, 2.45) is 5.92 Å². The van der Waals surface area contributed by atoms with Crippen molar-refractivity contribution in [3.8, 4) is 0 Å². The van der Waals surface area contributed by atoms with Crippen molar-refractivity contribution >= 4 is 20.9 Å². The monoisotopic (exact) mass is 314 g/mol. The molecule has 21 heavy (non-hydrogen) atoms. The first-order chi connectivity index (χ1) is 9.39. The number of rotatable bonds is 5. The van der Waals surface area contributed by atoms with Gasteiger partial charge in [-0.05, 0) is 35.1 Å². The van der Waals surface area contributed by atoms with Crippen LogP contribution >= 0.6 is 0 Å². The van der Waals surface area contributed by atoms with E-state index in [-0.39, 0.29) is 34.5 Å². The summed E-state index contributed by atoms with van der Waals surface area (Å²) in [6, 6.07) is 10.8. The van der Waals surface area contributed by atoms with Gasteiger partial charge in [0.05, 0.1) is 4.90 Å². The molecule has 0 atom stereocenters. The van der Waals surface area contributed by atoms with Crippen LogP contribution in [0.15, 0.2) is 41.3 Å². The van der Waals surface area contributed by atoms with E-state index in [1.54, 1.807) is 18.2 Å². The Morgan fingerprint density at radius 3 is 2.38 bits per heavy atom. The molecule has 0 aliphatic heterocycles. The summed E-state index contributed by atoms with van der Waals surface area (Å²) >= 11 is 0. The molecule has 0 saturated heterocycles. The Morgan fingerprint density at radius 2 is 1.76 bits per heavy atom. The predicted octanol–water partition coefficient (Wildman–Crippen LogP) is 0.727. The molecular formula is C16H19NaO3S. The first kappa shape index (κ1) is 18.7. The maximum absolute atomic E-state index is 11.6. The molecule has 2 aromatic carbocycles. The molecule has 0 bridgehead atoms. The second-order valence-electron chi connectivity index (χ2n) is 5.52. The molecular weight excluding hydrogens is 295 g/mol. The minimum absolute atomic E-state index is 0. The maximum Gasteiger partial charge on any atom is 1.00 e. The van der Waals surface area contributed by atoms with Crippen LogP contribution in [0.1, 0.15) is 32.3 Å². The summed E-state index contributed by atoms with van der Waals surface area (Å²) in [5.74, 6) is 0.572. The Hall–Kier alpha value is -0.390. The van der Waals surface area contributed by atoms with Gasteiger partial charge in [-0.25, -0.2) is 8.42 Å². The Kier molecular flexibility index (Phi) is 6.88. The Morgan fingerprint density at radius 1 is 1.10 bits per heavy atom. The second-order valence-corrected chi connectivity index (χ2v) is 6.83. The van der Waals surface area contributed by atoms with Crippen molar-refractivity contribution in [2.45, 2.75) is 38.0 Å². The maximum atomic E-state index is 11.6. The zero-order valence-corrected chi connectivity index (χ0v) is 15.6. The SMILES string of the molecule is CC(C)CCCc1ccc2ccccc2c1S(=O)(=O)[O-].[Na+]. The van der Waals surface area contributed by atoms with Gasteiger partial charge < -0.3 is 4.55 Å². The molecule has 0 saturated carbocycles. The van der Waals surface area contributed by atoms with Crippen molar-refractivity contribution in [2.75, 3.05) is 0 Å². The van der Waals surface area contributed by atoms with Gasteiger partial charge >= 0.3 is 29.6 Å². The van der Waals surface area contributed by atoms with Gasteiger partial charge in [0.1, 0.15) is 10.1 Å². The molecule has 0 aromatic heterocycles. The summed E-state index contributed by atoms with van der Waals surface area (Å²) in [6.07, 6.45) is 2.53. The second kappa shape index (κ2) is 7.75. The van der Waals surface area contributed by atoms with Gasteiger partial charge in [0.15, 0.2) is 0 Å². The number of aryl methyl sites for hydroxylation is 1. The molecule has 3 nitrogen and oxygen atoms in total. The fourth-order valence-electron chi connectivity index (χ4n) is 2.48. The number of hydrogen-bond donors (Lipinski definition) is 0. The van der Waals surface area contributed by atoms with E-state index >= 15 is 0 Å². The third-order valence-corrected chi connectivity index (χ3v) is 4.42. The molecule has 2 aromatic rings. The van der Waals surface area contributed by atoms with Crippen LogP contribution in [0.4, 0.5) is 0 Å². The van der Waals surface area contributed by atoms with Gasteiger partial charge in [-0.15, -0.1) is 0 Å². The van der Waals surface area contributed by atoms with Crippen molar-refractivity contribution in [3.05, 3.63) is 42.0 Å². The molecule has 0 aliphatic carbocycles. The third kappa shape index (κ3) is 4.80. The van der Waals surface area contributed by atoms with Crippen molar-refractivity contribution < 1.29 is 42.5 Å². The van der Waals surface area contributed by atoms with Crippen LogP contribution < -0.4 is 29.6 Å². The van der Waals surface area contributed by atoms with Crippen LogP contribution in [0.25, 0.3) is 10.8 Å². The van der Waals surface area contributed by atoms with Crippen LogP contribution in [-0.2, 0) is 16.5 Å². The van der Waals surface area contributed by atoms with Gasteiger partial charge in [0.2, 0.25) is 0 Å². The standard InChI is InChI=1S/C16H20O3S.Na/c1-12(2)6-5-8-14-11-10-13-7-3-4-9-15(13)16(14)20(17,18)19;/h3-4,7,9-12H,5-6,8H2,1-2H3,(H,17,18,19);/q;+1/p-1. The molecule has 108 valence electrons. The number of benzene rings is 2. The average Bonchev–Trinajstić information content (AvgIpc) is 2.36. The average molecular weight is 314 g/mol. The first-order valence-electron chi connectivity index (χ1n) is 6.86. The predicted molar refractivity (Wildman–Crippen MR) is 79.7 cm³/mol. The van der Waals surface area contributed by atoms with Gasteiger partial charge in [-0.3, -0.25) is 0 Å². The molecule has 0 unspecified atom stereocenters. The van der Waals surface area contributed by atoms with Crippen LogP contribution in [0.2, 0.25) is 0 Å². The fourth-order valence-corrected chi connectivity index (χ4v) is 3.43. The molecule has 0 aliphatic rings. The Bertz CT molecular complexity index is 709. The van der Waals surface area contributed by atoms with E-state index in [9.17, 15) is 13.0 Å². The summed E-state index contributed by atoms with van der Waals surface area (Å²) in [5.41, 5.74) is 0.638. The van der Waals surface area contributed by atoms with Crippen molar-refractivity contribution in [3.63, 3.8) is 0 Å². The van der Waals surface area contributed by atoms with Gasteiger partial charge in [-0.2, -0.15) is 0 Å². The quantitative estimate of drug-likeness (QED) is 0.604. The molecule has 0 radical (unpaired) electrons. The van der Waals surface area contributed by atoms with Crippen LogP contribution in [0.5, 0.6) is 0 Å². The summed E-state index contributed by atoms with van der Waals surface area (Å²) in [7, 11) is -4.46. The van der Waals surface area contributed by atoms with Crippen molar-refractivity contribution in [1.82, 2.24) is 0 Å². The summed E-state index contributed by atoms with van der Waals surface area (Å²) < 4.78 is 34.8. The Balaban J connectivity index is 0.00000220. The molecule has 0 heterocycles. The smallest absolute Gasteiger partial charge is 0.744 e. The van der Waals surface area contributed by atoms with Gasteiger partial charge in [0.25, 0.3) is 0 Å². The topological polar surface area (TPSA) is 57.2 Å². The first-order valence-corrected chi connectivity index (χ1v) is 8.27. The fraction of sp³-hybridized carbons (Fsp3) is 0.375. The van der Waals surface area contributed by atoms with E-state index in [2.05, 4.69) is 13.8 Å². The van der Waals surface area contributed by atoms with Crippen molar-refractivity contribution in [1.29, 1.82) is 0 Å². The molecule has 0 spiro atoms. The summed E-state index contributed by atoms with van der Waals surface area (Å²) in [4.78, 5) is -0.0423. The van der Waals surface area contributed by atoms with Gasteiger partial charge in [0, 0.05) is 0 Å². The molecule has 0 N–H and O–H groups in total. The largest absolute Gasteiger partial charge is 1.00 e. The van der Waals surface area contributed by atoms with E-state index in [4.69, 9.17) is 0 Å². The molecule has 0 amide bonds. The van der Waals surface area contributed by atoms with Crippen LogP contribution in [0.3, 0.4) is 0 Å². The zero-order chi connectivity index (χ0) is 14.8. The van der Waals surface area contributed by atoms with E-state index in [0.717, 1.165) is 18.2 Å². The number of fused-ring (bicyclic) bond motifs is 1. The normalized spacial score (nSPS) is 11.6. The Labute approximate surface area is 148 Å². The van der Waals surface area contributed by atoms with Gasteiger partial charge in [-0.1, -0.05) is 56.7 Å². The minimum atomic E-state index is -4.46. The van der Waals surface area contributed by atoms with E-state index in [1.165, 1.54) is 0 Å². The van der Waals surface area contributed by atoms with E-state index in [0.29, 0.717) is 23.3 Å².